The van der Waals surface area contributed by atoms with Gasteiger partial charge in [0, 0.05) is 25.7 Å². The first-order valence-electron chi connectivity index (χ1n) is 7.54. The number of hydrogen-bond acceptors (Lipinski definition) is 5. The number of ether oxygens (including phenoxy) is 1. The van der Waals surface area contributed by atoms with E-state index in [9.17, 15) is 12.8 Å². The third kappa shape index (κ3) is 3.87. The number of sulfonamides is 1. The molecule has 0 bridgehead atoms. The summed E-state index contributed by atoms with van der Waals surface area (Å²) in [6.07, 6.45) is 2.20. The topological polar surface area (TPSA) is 82.4 Å². The SMILES string of the molecule is N#Cc1cc(S(=O)(=O)NCC2CN(C3CC3)CCO2)ccc1F. The smallest absolute Gasteiger partial charge is 0.240 e. The fourth-order valence-corrected chi connectivity index (χ4v) is 3.77. The second-order valence-electron chi connectivity index (χ2n) is 5.82. The van der Waals surface area contributed by atoms with E-state index in [0.717, 1.165) is 24.7 Å². The Morgan fingerprint density at radius 1 is 1.43 bits per heavy atom. The van der Waals surface area contributed by atoms with E-state index in [2.05, 4.69) is 9.62 Å². The van der Waals surface area contributed by atoms with Crippen molar-refractivity contribution in [3.05, 3.63) is 29.6 Å². The molecule has 0 aromatic heterocycles. The van der Waals surface area contributed by atoms with Gasteiger partial charge in [0.15, 0.2) is 0 Å². The molecule has 3 rings (SSSR count). The van der Waals surface area contributed by atoms with E-state index in [1.165, 1.54) is 12.8 Å². The molecule has 1 aromatic rings. The summed E-state index contributed by atoms with van der Waals surface area (Å²) < 4.78 is 45.9. The second-order valence-corrected chi connectivity index (χ2v) is 7.59. The van der Waals surface area contributed by atoms with Crippen LogP contribution in [-0.2, 0) is 14.8 Å². The van der Waals surface area contributed by atoms with Crippen LogP contribution in [0.1, 0.15) is 18.4 Å². The Kier molecular flexibility index (Phi) is 4.64. The van der Waals surface area contributed by atoms with Gasteiger partial charge in [-0.25, -0.2) is 17.5 Å². The summed E-state index contributed by atoms with van der Waals surface area (Å²) in [5.74, 6) is -0.734. The largest absolute Gasteiger partial charge is 0.374 e. The van der Waals surface area contributed by atoms with Gasteiger partial charge in [-0.05, 0) is 31.0 Å². The summed E-state index contributed by atoms with van der Waals surface area (Å²) in [6, 6.07) is 5.43. The third-order valence-corrected chi connectivity index (χ3v) is 5.52. The van der Waals surface area contributed by atoms with Gasteiger partial charge in [-0.15, -0.1) is 0 Å². The van der Waals surface area contributed by atoms with E-state index in [1.807, 2.05) is 0 Å². The molecular formula is C15H18FN3O3S. The summed E-state index contributed by atoms with van der Waals surface area (Å²) in [6.45, 7) is 2.35. The average molecular weight is 339 g/mol. The van der Waals surface area contributed by atoms with Crippen LogP contribution in [0, 0.1) is 17.1 Å². The van der Waals surface area contributed by atoms with Crippen LogP contribution in [-0.4, -0.2) is 51.7 Å². The highest BCUT2D eigenvalue weighted by Gasteiger charge is 2.33. The van der Waals surface area contributed by atoms with Gasteiger partial charge in [-0.1, -0.05) is 0 Å². The molecule has 1 atom stereocenters. The fourth-order valence-electron chi connectivity index (χ4n) is 2.68. The lowest BCUT2D eigenvalue weighted by Gasteiger charge is -2.33. The van der Waals surface area contributed by atoms with E-state index in [0.29, 0.717) is 19.2 Å². The predicted octanol–water partition coefficient (Wildman–Crippen LogP) is 0.839. The van der Waals surface area contributed by atoms with Gasteiger partial charge in [0.2, 0.25) is 10.0 Å². The number of nitrogens with one attached hydrogen (secondary N) is 1. The van der Waals surface area contributed by atoms with E-state index in [-0.39, 0.29) is 23.1 Å². The molecule has 1 saturated heterocycles. The van der Waals surface area contributed by atoms with Gasteiger partial charge < -0.3 is 4.74 Å². The summed E-state index contributed by atoms with van der Waals surface area (Å²) in [7, 11) is -3.80. The normalized spacial score (nSPS) is 22.7. The van der Waals surface area contributed by atoms with Gasteiger partial charge in [-0.2, -0.15) is 5.26 Å². The lowest BCUT2D eigenvalue weighted by atomic mass is 10.2. The Balaban J connectivity index is 1.63. The Hall–Kier alpha value is -1.53. The van der Waals surface area contributed by atoms with Crippen LogP contribution in [0.4, 0.5) is 4.39 Å². The van der Waals surface area contributed by atoms with Gasteiger partial charge in [0.25, 0.3) is 0 Å². The van der Waals surface area contributed by atoms with E-state index in [4.69, 9.17) is 10.00 Å². The van der Waals surface area contributed by atoms with Crippen molar-refractivity contribution in [3.8, 4) is 6.07 Å². The highest BCUT2D eigenvalue weighted by atomic mass is 32.2. The van der Waals surface area contributed by atoms with Crippen molar-refractivity contribution in [2.45, 2.75) is 29.9 Å². The maximum atomic E-state index is 13.3. The van der Waals surface area contributed by atoms with Gasteiger partial charge in [-0.3, -0.25) is 4.90 Å². The Labute approximate surface area is 134 Å². The van der Waals surface area contributed by atoms with Crippen molar-refractivity contribution in [1.82, 2.24) is 9.62 Å². The van der Waals surface area contributed by atoms with Crippen LogP contribution in [0.15, 0.2) is 23.1 Å². The summed E-state index contributed by atoms with van der Waals surface area (Å²) >= 11 is 0. The molecular weight excluding hydrogens is 321 g/mol. The summed E-state index contributed by atoms with van der Waals surface area (Å²) in [5, 5.41) is 8.80. The van der Waals surface area contributed by atoms with Gasteiger partial charge >= 0.3 is 0 Å². The van der Waals surface area contributed by atoms with Crippen LogP contribution in [0.3, 0.4) is 0 Å². The minimum Gasteiger partial charge on any atom is -0.374 e. The summed E-state index contributed by atoms with van der Waals surface area (Å²) in [4.78, 5) is 2.21. The standard InChI is InChI=1S/C15H18FN3O3S/c16-15-4-3-14(7-11(15)8-17)23(20,21)18-9-13-10-19(5-6-22-13)12-1-2-12/h3-4,7,12-13,18H,1-2,5-6,9-10H2. The molecule has 124 valence electrons. The van der Waals surface area contributed by atoms with Crippen LogP contribution in [0.25, 0.3) is 0 Å². The van der Waals surface area contributed by atoms with Crippen LogP contribution >= 0.6 is 0 Å². The molecule has 0 spiro atoms. The zero-order valence-corrected chi connectivity index (χ0v) is 13.4. The maximum absolute atomic E-state index is 13.3. The predicted molar refractivity (Wildman–Crippen MR) is 80.6 cm³/mol. The van der Waals surface area contributed by atoms with Crippen LogP contribution < -0.4 is 4.72 Å². The number of morpholine rings is 1. The van der Waals surface area contributed by atoms with Gasteiger partial charge in [0.05, 0.1) is 23.2 Å². The zero-order valence-electron chi connectivity index (χ0n) is 12.5. The number of hydrogen-bond donors (Lipinski definition) is 1. The highest BCUT2D eigenvalue weighted by molar-refractivity contribution is 7.89. The van der Waals surface area contributed by atoms with Crippen molar-refractivity contribution in [1.29, 1.82) is 5.26 Å². The molecule has 1 aliphatic carbocycles. The minimum absolute atomic E-state index is 0.120. The first-order valence-corrected chi connectivity index (χ1v) is 9.03. The molecule has 6 nitrogen and oxygen atoms in total. The zero-order chi connectivity index (χ0) is 16.4. The molecule has 1 saturated carbocycles. The van der Waals surface area contributed by atoms with E-state index in [1.54, 1.807) is 6.07 Å². The van der Waals surface area contributed by atoms with Crippen molar-refractivity contribution < 1.29 is 17.5 Å². The van der Waals surface area contributed by atoms with Crippen molar-refractivity contribution in [2.24, 2.45) is 0 Å². The molecule has 2 fully saturated rings. The number of benzene rings is 1. The fraction of sp³-hybridized carbons (Fsp3) is 0.533. The second kappa shape index (κ2) is 6.53. The van der Waals surface area contributed by atoms with Crippen molar-refractivity contribution in [2.75, 3.05) is 26.2 Å². The maximum Gasteiger partial charge on any atom is 0.240 e. The Morgan fingerprint density at radius 2 is 2.22 bits per heavy atom. The Bertz CT molecular complexity index is 728. The summed E-state index contributed by atoms with van der Waals surface area (Å²) in [5.41, 5.74) is -0.290. The number of halogens is 1. The first kappa shape index (κ1) is 16.3. The quantitative estimate of drug-likeness (QED) is 0.859. The molecule has 1 unspecified atom stereocenters. The number of nitrogens with zero attached hydrogens (tertiary/aromatic N) is 2. The third-order valence-electron chi connectivity index (χ3n) is 4.10. The molecule has 1 aromatic carbocycles. The molecule has 8 heteroatoms. The van der Waals surface area contributed by atoms with Crippen molar-refractivity contribution >= 4 is 10.0 Å². The van der Waals surface area contributed by atoms with Crippen LogP contribution in [0.5, 0.6) is 0 Å². The molecule has 0 amide bonds. The number of rotatable bonds is 5. The molecule has 1 heterocycles. The number of nitriles is 1. The molecule has 0 radical (unpaired) electrons. The molecule has 2 aliphatic rings. The van der Waals surface area contributed by atoms with Crippen molar-refractivity contribution in [3.63, 3.8) is 0 Å². The lowest BCUT2D eigenvalue weighted by molar-refractivity contribution is -0.0277. The first-order chi connectivity index (χ1) is 11.0. The lowest BCUT2D eigenvalue weighted by Crippen LogP contribution is -2.48. The van der Waals surface area contributed by atoms with E-state index < -0.39 is 15.8 Å². The monoisotopic (exact) mass is 339 g/mol. The molecule has 23 heavy (non-hydrogen) atoms. The highest BCUT2D eigenvalue weighted by Crippen LogP contribution is 2.28. The molecule has 1 aliphatic heterocycles. The average Bonchev–Trinajstić information content (AvgIpc) is 3.38. The van der Waals surface area contributed by atoms with Gasteiger partial charge in [0.1, 0.15) is 11.9 Å². The minimum atomic E-state index is -3.80. The molecule has 1 N–H and O–H groups in total. The Morgan fingerprint density at radius 3 is 2.91 bits per heavy atom. The van der Waals surface area contributed by atoms with E-state index >= 15 is 0 Å². The van der Waals surface area contributed by atoms with Crippen LogP contribution in [0.2, 0.25) is 0 Å².